The molecule has 27 heavy (non-hydrogen) atoms. The van der Waals surface area contributed by atoms with E-state index >= 15 is 0 Å². The summed E-state index contributed by atoms with van der Waals surface area (Å²) in [5.74, 6) is -0.226. The maximum atomic E-state index is 12.4. The lowest BCUT2D eigenvalue weighted by Gasteiger charge is -2.16. The molecule has 0 aromatic heterocycles. The average Bonchev–Trinajstić information content (AvgIpc) is 2.96. The van der Waals surface area contributed by atoms with E-state index in [2.05, 4.69) is 10.6 Å². The van der Waals surface area contributed by atoms with E-state index in [1.54, 1.807) is 36.4 Å². The topological polar surface area (TPSA) is 58.2 Å². The monoisotopic (exact) mass is 384 g/mol. The SMILES string of the molecule is O=C(NCc1ccc(Cl)cc1)c1ccc(C(=O)NC2CCCCCC2)cc1. The van der Waals surface area contributed by atoms with E-state index < -0.39 is 0 Å². The second-order valence-electron chi connectivity index (χ2n) is 7.05. The van der Waals surface area contributed by atoms with E-state index in [-0.39, 0.29) is 17.9 Å². The summed E-state index contributed by atoms with van der Waals surface area (Å²) in [5.41, 5.74) is 2.11. The molecular formula is C22H25ClN2O2. The van der Waals surface area contributed by atoms with Crippen molar-refractivity contribution in [1.29, 1.82) is 0 Å². The molecule has 0 heterocycles. The third-order valence-electron chi connectivity index (χ3n) is 4.97. The maximum absolute atomic E-state index is 12.4. The standard InChI is InChI=1S/C22H25ClN2O2/c23-19-13-7-16(8-14-19)15-24-21(26)17-9-11-18(12-10-17)22(27)25-20-5-3-1-2-4-6-20/h7-14,20H,1-6,15H2,(H,24,26)(H,25,27). The summed E-state index contributed by atoms with van der Waals surface area (Å²) in [7, 11) is 0. The van der Waals surface area contributed by atoms with Crippen LogP contribution in [0.2, 0.25) is 5.02 Å². The summed E-state index contributed by atoms with van der Waals surface area (Å²) in [6, 6.07) is 14.4. The van der Waals surface area contributed by atoms with Crippen molar-refractivity contribution in [2.75, 3.05) is 0 Å². The molecule has 1 aliphatic carbocycles. The highest BCUT2D eigenvalue weighted by atomic mass is 35.5. The fourth-order valence-electron chi connectivity index (χ4n) is 3.35. The summed E-state index contributed by atoms with van der Waals surface area (Å²) in [6.45, 7) is 0.430. The van der Waals surface area contributed by atoms with Gasteiger partial charge in [0.15, 0.2) is 0 Å². The summed E-state index contributed by atoms with van der Waals surface area (Å²) >= 11 is 5.86. The van der Waals surface area contributed by atoms with Crippen LogP contribution in [0.15, 0.2) is 48.5 Å². The van der Waals surface area contributed by atoms with Gasteiger partial charge in [-0.2, -0.15) is 0 Å². The van der Waals surface area contributed by atoms with Gasteiger partial charge in [0, 0.05) is 28.7 Å². The maximum Gasteiger partial charge on any atom is 0.251 e. The Balaban J connectivity index is 1.53. The molecule has 0 bridgehead atoms. The molecule has 1 fully saturated rings. The molecule has 3 rings (SSSR count). The molecule has 0 aliphatic heterocycles. The zero-order valence-corrected chi connectivity index (χ0v) is 16.1. The predicted molar refractivity (Wildman–Crippen MR) is 108 cm³/mol. The van der Waals surface area contributed by atoms with E-state index in [9.17, 15) is 9.59 Å². The largest absolute Gasteiger partial charge is 0.349 e. The van der Waals surface area contributed by atoms with Crippen LogP contribution in [-0.4, -0.2) is 17.9 Å². The Kier molecular flexibility index (Phi) is 6.88. The first kappa shape index (κ1) is 19.4. The van der Waals surface area contributed by atoms with Gasteiger partial charge in [0.1, 0.15) is 0 Å². The number of benzene rings is 2. The van der Waals surface area contributed by atoms with E-state index in [4.69, 9.17) is 11.6 Å². The van der Waals surface area contributed by atoms with Gasteiger partial charge in [-0.3, -0.25) is 9.59 Å². The predicted octanol–water partition coefficient (Wildman–Crippen LogP) is 4.72. The van der Waals surface area contributed by atoms with E-state index in [1.165, 1.54) is 25.7 Å². The van der Waals surface area contributed by atoms with Crippen molar-refractivity contribution in [3.8, 4) is 0 Å². The van der Waals surface area contributed by atoms with Crippen molar-refractivity contribution in [3.05, 3.63) is 70.2 Å². The van der Waals surface area contributed by atoms with Crippen molar-refractivity contribution >= 4 is 23.4 Å². The summed E-state index contributed by atoms with van der Waals surface area (Å²) in [6.07, 6.45) is 6.97. The van der Waals surface area contributed by atoms with Crippen LogP contribution in [0.3, 0.4) is 0 Å². The third kappa shape index (κ3) is 5.83. The third-order valence-corrected chi connectivity index (χ3v) is 5.22. The van der Waals surface area contributed by atoms with Crippen molar-refractivity contribution in [1.82, 2.24) is 10.6 Å². The molecule has 2 amide bonds. The smallest absolute Gasteiger partial charge is 0.251 e. The normalized spacial score (nSPS) is 15.0. The first-order valence-electron chi connectivity index (χ1n) is 9.55. The number of nitrogens with one attached hydrogen (secondary N) is 2. The Morgan fingerprint density at radius 3 is 1.96 bits per heavy atom. The molecule has 2 aromatic rings. The number of carbonyl (C=O) groups is 2. The average molecular weight is 385 g/mol. The number of hydrogen-bond acceptors (Lipinski definition) is 2. The van der Waals surface area contributed by atoms with Crippen molar-refractivity contribution in [2.24, 2.45) is 0 Å². The lowest BCUT2D eigenvalue weighted by atomic mass is 10.1. The Morgan fingerprint density at radius 1 is 0.815 bits per heavy atom. The minimum absolute atomic E-state index is 0.0602. The van der Waals surface area contributed by atoms with E-state index in [0.29, 0.717) is 22.7 Å². The molecular weight excluding hydrogens is 360 g/mol. The van der Waals surface area contributed by atoms with Crippen LogP contribution in [0, 0.1) is 0 Å². The van der Waals surface area contributed by atoms with Gasteiger partial charge in [-0.05, 0) is 54.8 Å². The van der Waals surface area contributed by atoms with Gasteiger partial charge in [-0.1, -0.05) is 49.4 Å². The highest BCUT2D eigenvalue weighted by molar-refractivity contribution is 6.30. The highest BCUT2D eigenvalue weighted by Crippen LogP contribution is 2.18. The Labute approximate surface area is 165 Å². The zero-order valence-electron chi connectivity index (χ0n) is 15.3. The van der Waals surface area contributed by atoms with Crippen LogP contribution in [0.25, 0.3) is 0 Å². The van der Waals surface area contributed by atoms with Gasteiger partial charge in [0.05, 0.1) is 0 Å². The van der Waals surface area contributed by atoms with E-state index in [0.717, 1.165) is 18.4 Å². The molecule has 5 heteroatoms. The number of amides is 2. The first-order chi connectivity index (χ1) is 13.1. The van der Waals surface area contributed by atoms with E-state index in [1.807, 2.05) is 12.1 Å². The molecule has 2 aromatic carbocycles. The molecule has 0 spiro atoms. The van der Waals surface area contributed by atoms with Crippen molar-refractivity contribution < 1.29 is 9.59 Å². The van der Waals surface area contributed by atoms with Crippen LogP contribution >= 0.6 is 11.6 Å². The minimum Gasteiger partial charge on any atom is -0.349 e. The van der Waals surface area contributed by atoms with Crippen LogP contribution in [0.5, 0.6) is 0 Å². The number of rotatable bonds is 5. The minimum atomic E-state index is -0.166. The fraction of sp³-hybridized carbons (Fsp3) is 0.364. The number of hydrogen-bond donors (Lipinski definition) is 2. The van der Waals surface area contributed by atoms with Crippen LogP contribution in [0.4, 0.5) is 0 Å². The summed E-state index contributed by atoms with van der Waals surface area (Å²) < 4.78 is 0. The van der Waals surface area contributed by atoms with Gasteiger partial charge in [-0.25, -0.2) is 0 Å². The number of carbonyl (C=O) groups excluding carboxylic acids is 2. The molecule has 2 N–H and O–H groups in total. The fourth-order valence-corrected chi connectivity index (χ4v) is 3.48. The Morgan fingerprint density at radius 2 is 1.37 bits per heavy atom. The van der Waals surface area contributed by atoms with Crippen LogP contribution in [0.1, 0.15) is 64.8 Å². The molecule has 142 valence electrons. The van der Waals surface area contributed by atoms with Crippen molar-refractivity contribution in [3.63, 3.8) is 0 Å². The lowest BCUT2D eigenvalue weighted by Crippen LogP contribution is -2.34. The van der Waals surface area contributed by atoms with Crippen LogP contribution in [-0.2, 0) is 6.54 Å². The number of halogens is 1. The first-order valence-corrected chi connectivity index (χ1v) is 9.93. The molecule has 1 saturated carbocycles. The molecule has 0 unspecified atom stereocenters. The van der Waals surface area contributed by atoms with Gasteiger partial charge in [0.25, 0.3) is 11.8 Å². The second-order valence-corrected chi connectivity index (χ2v) is 7.48. The van der Waals surface area contributed by atoms with Gasteiger partial charge in [-0.15, -0.1) is 0 Å². The second kappa shape index (κ2) is 9.56. The highest BCUT2D eigenvalue weighted by Gasteiger charge is 2.16. The molecule has 4 nitrogen and oxygen atoms in total. The van der Waals surface area contributed by atoms with Gasteiger partial charge in [0.2, 0.25) is 0 Å². The summed E-state index contributed by atoms with van der Waals surface area (Å²) in [4.78, 5) is 24.7. The van der Waals surface area contributed by atoms with Crippen LogP contribution < -0.4 is 10.6 Å². The zero-order chi connectivity index (χ0) is 19.1. The molecule has 0 radical (unpaired) electrons. The molecule has 1 aliphatic rings. The quantitative estimate of drug-likeness (QED) is 0.732. The Bertz CT molecular complexity index is 764. The van der Waals surface area contributed by atoms with Gasteiger partial charge >= 0.3 is 0 Å². The van der Waals surface area contributed by atoms with Crippen molar-refractivity contribution in [2.45, 2.75) is 51.1 Å². The molecule has 0 saturated heterocycles. The van der Waals surface area contributed by atoms with Gasteiger partial charge < -0.3 is 10.6 Å². The lowest BCUT2D eigenvalue weighted by molar-refractivity contribution is 0.0927. The summed E-state index contributed by atoms with van der Waals surface area (Å²) in [5, 5.41) is 6.67. The molecule has 0 atom stereocenters. The Hall–Kier alpha value is -2.33.